The average Bonchev–Trinajstić information content (AvgIpc) is 3.17. The summed E-state index contributed by atoms with van der Waals surface area (Å²) in [6, 6.07) is 18.3. The minimum atomic E-state index is -0.778. The van der Waals surface area contributed by atoms with E-state index in [1.54, 1.807) is 6.92 Å². The zero-order valence-corrected chi connectivity index (χ0v) is 16.7. The Labute approximate surface area is 172 Å². The van der Waals surface area contributed by atoms with Gasteiger partial charge in [-0.15, -0.1) is 21.8 Å². The van der Waals surface area contributed by atoms with Crippen molar-refractivity contribution in [3.63, 3.8) is 0 Å². The summed E-state index contributed by atoms with van der Waals surface area (Å²) in [6.45, 7) is 1.56. The second kappa shape index (κ2) is 9.43. The molecule has 0 fully saturated rings. The summed E-state index contributed by atoms with van der Waals surface area (Å²) in [5.41, 5.74) is 1.85. The van der Waals surface area contributed by atoms with E-state index in [9.17, 15) is 9.59 Å². The number of nitrogens with one attached hydrogen (secondary N) is 2. The van der Waals surface area contributed by atoms with Crippen molar-refractivity contribution in [2.75, 3.05) is 5.32 Å². The van der Waals surface area contributed by atoms with E-state index >= 15 is 0 Å². The molecule has 3 aromatic rings. The van der Waals surface area contributed by atoms with Crippen LogP contribution in [0.1, 0.15) is 12.5 Å². The van der Waals surface area contributed by atoms with Gasteiger partial charge in [-0.05, 0) is 12.5 Å². The van der Waals surface area contributed by atoms with E-state index in [-0.39, 0.29) is 5.91 Å². The summed E-state index contributed by atoms with van der Waals surface area (Å²) in [6.07, 6.45) is 0.340. The van der Waals surface area contributed by atoms with Gasteiger partial charge in [0.25, 0.3) is 0 Å². The molecule has 28 heavy (non-hydrogen) atoms. The van der Waals surface area contributed by atoms with E-state index < -0.39 is 17.3 Å². The van der Waals surface area contributed by atoms with Gasteiger partial charge in [0.15, 0.2) is 0 Å². The van der Waals surface area contributed by atoms with Crippen LogP contribution in [0.2, 0.25) is 0 Å². The highest BCUT2D eigenvalue weighted by Crippen LogP contribution is 2.26. The number of amides is 2. The van der Waals surface area contributed by atoms with Crippen molar-refractivity contribution in [2.45, 2.75) is 24.8 Å². The third-order valence-electron chi connectivity index (χ3n) is 3.95. The zero-order chi connectivity index (χ0) is 19.9. The molecule has 0 spiro atoms. The van der Waals surface area contributed by atoms with Crippen molar-refractivity contribution < 1.29 is 9.59 Å². The maximum Gasteiger partial charge on any atom is 0.249 e. The second-order valence-corrected chi connectivity index (χ2v) is 7.77. The third kappa shape index (κ3) is 5.37. The molecule has 0 aliphatic heterocycles. The van der Waals surface area contributed by atoms with E-state index in [1.165, 1.54) is 11.3 Å². The topological polar surface area (TPSA) is 84.0 Å². The molecule has 0 bridgehead atoms. The number of hydrogen-bond donors (Lipinski definition) is 2. The normalized spacial score (nSPS) is 12.8. The summed E-state index contributed by atoms with van der Waals surface area (Å²) >= 11 is 7.12. The smallest absolute Gasteiger partial charge is 0.249 e. The molecule has 0 aliphatic carbocycles. The predicted molar refractivity (Wildman–Crippen MR) is 111 cm³/mol. The van der Waals surface area contributed by atoms with Gasteiger partial charge >= 0.3 is 0 Å². The van der Waals surface area contributed by atoms with Crippen LogP contribution in [-0.2, 0) is 16.0 Å². The first-order valence-electron chi connectivity index (χ1n) is 8.71. The molecule has 144 valence electrons. The molecule has 0 radical (unpaired) electrons. The molecular weight excluding hydrogens is 396 g/mol. The zero-order valence-electron chi connectivity index (χ0n) is 15.1. The van der Waals surface area contributed by atoms with Gasteiger partial charge in [0, 0.05) is 12.0 Å². The Kier molecular flexibility index (Phi) is 6.73. The molecule has 3 rings (SSSR count). The molecule has 2 aromatic carbocycles. The van der Waals surface area contributed by atoms with E-state index in [2.05, 4.69) is 20.8 Å². The lowest BCUT2D eigenvalue weighted by molar-refractivity contribution is -0.126. The lowest BCUT2D eigenvalue weighted by atomic mass is 10.1. The molecule has 0 saturated heterocycles. The maximum atomic E-state index is 12.8. The van der Waals surface area contributed by atoms with E-state index in [0.717, 1.165) is 11.1 Å². The Bertz CT molecular complexity index is 932. The van der Waals surface area contributed by atoms with E-state index in [1.807, 2.05) is 60.7 Å². The van der Waals surface area contributed by atoms with Crippen LogP contribution in [0.25, 0.3) is 10.6 Å². The number of carbonyl (C=O) groups excluding carboxylic acids is 2. The van der Waals surface area contributed by atoms with Crippen LogP contribution in [0.15, 0.2) is 60.7 Å². The van der Waals surface area contributed by atoms with Gasteiger partial charge in [-0.1, -0.05) is 72.0 Å². The number of halogens is 1. The third-order valence-corrected chi connectivity index (χ3v) is 5.04. The van der Waals surface area contributed by atoms with Gasteiger partial charge in [-0.2, -0.15) is 0 Å². The van der Waals surface area contributed by atoms with Gasteiger partial charge in [0.1, 0.15) is 16.4 Å². The Morgan fingerprint density at radius 3 is 2.29 bits per heavy atom. The molecule has 1 aromatic heterocycles. The molecule has 8 heteroatoms. The first-order chi connectivity index (χ1) is 13.5. The fourth-order valence-corrected chi connectivity index (χ4v) is 3.32. The molecule has 1 heterocycles. The second-order valence-electron chi connectivity index (χ2n) is 6.13. The van der Waals surface area contributed by atoms with Crippen molar-refractivity contribution in [1.82, 2.24) is 15.5 Å². The van der Waals surface area contributed by atoms with Crippen LogP contribution < -0.4 is 10.6 Å². The Morgan fingerprint density at radius 2 is 1.64 bits per heavy atom. The predicted octanol–water partition coefficient (Wildman–Crippen LogP) is 3.50. The van der Waals surface area contributed by atoms with Gasteiger partial charge in [0.2, 0.25) is 16.9 Å². The monoisotopic (exact) mass is 414 g/mol. The minimum Gasteiger partial charge on any atom is -0.343 e. The molecule has 6 nitrogen and oxygen atoms in total. The van der Waals surface area contributed by atoms with Crippen LogP contribution >= 0.6 is 22.9 Å². The van der Waals surface area contributed by atoms with E-state index in [4.69, 9.17) is 11.6 Å². The molecule has 2 amide bonds. The summed E-state index contributed by atoms with van der Waals surface area (Å²) in [4.78, 5) is 24.8. The van der Waals surface area contributed by atoms with Crippen LogP contribution in [0.5, 0.6) is 0 Å². The highest BCUT2D eigenvalue weighted by atomic mass is 35.5. The number of benzene rings is 2. The number of aromatic nitrogens is 2. The molecule has 0 saturated carbocycles. The summed E-state index contributed by atoms with van der Waals surface area (Å²) in [5, 5.41) is 13.9. The number of carbonyl (C=O) groups is 2. The van der Waals surface area contributed by atoms with Gasteiger partial charge < -0.3 is 5.32 Å². The Hall–Kier alpha value is -2.77. The Balaban J connectivity index is 1.73. The van der Waals surface area contributed by atoms with Crippen molar-refractivity contribution in [3.8, 4) is 10.6 Å². The van der Waals surface area contributed by atoms with Crippen LogP contribution in [0, 0.1) is 0 Å². The molecule has 2 N–H and O–H groups in total. The van der Waals surface area contributed by atoms with Gasteiger partial charge in [-0.3, -0.25) is 14.9 Å². The summed E-state index contributed by atoms with van der Waals surface area (Å²) < 4.78 is 0. The van der Waals surface area contributed by atoms with Gasteiger partial charge in [-0.25, -0.2) is 0 Å². The highest BCUT2D eigenvalue weighted by Gasteiger charge is 2.24. The quantitative estimate of drug-likeness (QED) is 0.579. The number of nitrogens with zero attached hydrogens (tertiary/aromatic N) is 2. The Morgan fingerprint density at radius 1 is 1.00 bits per heavy atom. The van der Waals surface area contributed by atoms with Crippen LogP contribution in [0.3, 0.4) is 0 Å². The molecule has 0 aliphatic rings. The lowest BCUT2D eigenvalue weighted by Crippen LogP contribution is -2.47. The van der Waals surface area contributed by atoms with Crippen LogP contribution in [0.4, 0.5) is 5.13 Å². The number of hydrogen-bond acceptors (Lipinski definition) is 5. The number of anilines is 1. The minimum absolute atomic E-state index is 0.340. The highest BCUT2D eigenvalue weighted by molar-refractivity contribution is 7.18. The summed E-state index contributed by atoms with van der Waals surface area (Å²) in [7, 11) is 0. The molecule has 0 unspecified atom stereocenters. The molecule has 2 atom stereocenters. The standard InChI is InChI=1S/C20H19ClN4O2S/c1-13(21)17(26)22-16(12-14-8-4-2-5-9-14)18(27)23-20-25-24-19(28-20)15-10-6-3-7-11-15/h2-11,13,16H,12H2,1H3,(H,22,26)(H,23,25,27)/t13-,16+/m1/s1. The van der Waals surface area contributed by atoms with Crippen molar-refractivity contribution in [2.24, 2.45) is 0 Å². The van der Waals surface area contributed by atoms with Crippen molar-refractivity contribution in [3.05, 3.63) is 66.2 Å². The van der Waals surface area contributed by atoms with E-state index in [0.29, 0.717) is 16.6 Å². The van der Waals surface area contributed by atoms with Crippen molar-refractivity contribution in [1.29, 1.82) is 0 Å². The lowest BCUT2D eigenvalue weighted by Gasteiger charge is -2.18. The fraction of sp³-hybridized carbons (Fsp3) is 0.200. The van der Waals surface area contributed by atoms with Crippen LogP contribution in [-0.4, -0.2) is 33.4 Å². The first-order valence-corrected chi connectivity index (χ1v) is 9.96. The summed E-state index contributed by atoms with van der Waals surface area (Å²) in [5.74, 6) is -0.773. The maximum absolute atomic E-state index is 12.8. The number of rotatable bonds is 7. The van der Waals surface area contributed by atoms with Crippen molar-refractivity contribution >= 4 is 39.9 Å². The fourth-order valence-electron chi connectivity index (χ4n) is 2.51. The number of alkyl halides is 1. The average molecular weight is 415 g/mol. The SMILES string of the molecule is C[C@@H](Cl)C(=O)N[C@@H](Cc1ccccc1)C(=O)Nc1nnc(-c2ccccc2)s1. The largest absolute Gasteiger partial charge is 0.343 e. The van der Waals surface area contributed by atoms with Gasteiger partial charge in [0.05, 0.1) is 0 Å². The molecular formula is C20H19ClN4O2S. The first kappa shape index (κ1) is 20.0.